The van der Waals surface area contributed by atoms with Crippen LogP contribution >= 0.6 is 11.8 Å². The van der Waals surface area contributed by atoms with Crippen LogP contribution in [0.25, 0.3) is 0 Å². The Balaban J connectivity index is 1.22. The number of aromatic nitrogens is 5. The number of nitrogens with zero attached hydrogens (tertiary/aromatic N) is 5. The van der Waals surface area contributed by atoms with E-state index in [0.29, 0.717) is 31.0 Å². The molecule has 1 amide bonds. The van der Waals surface area contributed by atoms with Crippen molar-refractivity contribution in [1.82, 2.24) is 30.1 Å². The molecule has 2 aromatic carbocycles. The number of carbonyl (C=O) groups excluding carboxylic acids is 1. The van der Waals surface area contributed by atoms with E-state index in [0.717, 1.165) is 16.7 Å². The van der Waals surface area contributed by atoms with Crippen LogP contribution in [-0.2, 0) is 34.9 Å². The number of carboxylic acid groups (broad SMARTS) is 1. The Bertz CT molecular complexity index is 1240. The fourth-order valence-electron chi connectivity index (χ4n) is 3.58. The summed E-state index contributed by atoms with van der Waals surface area (Å²) >= 11 is 1.41. The molecule has 0 aliphatic rings. The van der Waals surface area contributed by atoms with Crippen molar-refractivity contribution < 1.29 is 14.7 Å². The van der Waals surface area contributed by atoms with Gasteiger partial charge in [-0.1, -0.05) is 59.8 Å². The molecule has 180 valence electrons. The molecule has 0 radical (unpaired) electrons. The van der Waals surface area contributed by atoms with Gasteiger partial charge in [0.15, 0.2) is 6.04 Å². The Morgan fingerprint density at radius 1 is 1.03 bits per heavy atom. The van der Waals surface area contributed by atoms with Crippen LogP contribution in [0.2, 0.25) is 0 Å². The van der Waals surface area contributed by atoms with Gasteiger partial charge in [0.05, 0.1) is 24.2 Å². The highest BCUT2D eigenvalue weighted by atomic mass is 32.2. The quantitative estimate of drug-likeness (QED) is 0.314. The highest BCUT2D eigenvalue weighted by Gasteiger charge is 2.22. The molecule has 0 spiro atoms. The molecule has 35 heavy (non-hydrogen) atoms. The van der Waals surface area contributed by atoms with E-state index in [2.05, 4.69) is 26.8 Å². The second-order valence-corrected chi connectivity index (χ2v) is 9.01. The summed E-state index contributed by atoms with van der Waals surface area (Å²) in [6.07, 6.45) is 5.61. The number of hydrogen-bond acceptors (Lipinski definition) is 6. The zero-order valence-corrected chi connectivity index (χ0v) is 19.8. The second-order valence-electron chi connectivity index (χ2n) is 8.03. The Labute approximate surface area is 207 Å². The van der Waals surface area contributed by atoms with Gasteiger partial charge in [-0.2, -0.15) is 5.10 Å². The molecule has 0 aliphatic heterocycles. The zero-order chi connectivity index (χ0) is 24.5. The summed E-state index contributed by atoms with van der Waals surface area (Å²) in [6.45, 7) is 1.13. The highest BCUT2D eigenvalue weighted by Crippen LogP contribution is 2.16. The van der Waals surface area contributed by atoms with Gasteiger partial charge in [0.2, 0.25) is 5.91 Å². The predicted molar refractivity (Wildman–Crippen MR) is 133 cm³/mol. The van der Waals surface area contributed by atoms with Gasteiger partial charge in [-0.25, -0.2) is 9.48 Å². The Kier molecular flexibility index (Phi) is 8.29. The number of thioether (sulfide) groups is 1. The summed E-state index contributed by atoms with van der Waals surface area (Å²) in [5.41, 5.74) is 3.68. The molecular weight excluding hydrogens is 464 g/mol. The normalized spacial score (nSPS) is 11.8. The van der Waals surface area contributed by atoms with Crippen molar-refractivity contribution in [3.63, 3.8) is 0 Å². The largest absolute Gasteiger partial charge is 0.480 e. The number of carboxylic acids is 1. The van der Waals surface area contributed by atoms with E-state index in [4.69, 9.17) is 0 Å². The summed E-state index contributed by atoms with van der Waals surface area (Å²) in [7, 11) is 0. The third-order valence-electron chi connectivity index (χ3n) is 5.30. The van der Waals surface area contributed by atoms with Gasteiger partial charge in [0.25, 0.3) is 0 Å². The fourth-order valence-corrected chi connectivity index (χ4v) is 4.31. The number of nitrogens with one attached hydrogen (secondary N) is 1. The van der Waals surface area contributed by atoms with E-state index < -0.39 is 12.0 Å². The van der Waals surface area contributed by atoms with Crippen molar-refractivity contribution in [2.75, 3.05) is 5.75 Å². The number of amides is 1. The first-order chi connectivity index (χ1) is 17.1. The maximum atomic E-state index is 12.3. The minimum atomic E-state index is -0.967. The number of benzene rings is 2. The monoisotopic (exact) mass is 490 g/mol. The van der Waals surface area contributed by atoms with Gasteiger partial charge in [0, 0.05) is 31.1 Å². The van der Waals surface area contributed by atoms with Gasteiger partial charge in [-0.15, -0.1) is 16.9 Å². The molecule has 1 atom stereocenters. The van der Waals surface area contributed by atoms with Crippen molar-refractivity contribution in [3.8, 4) is 0 Å². The lowest BCUT2D eigenvalue weighted by Crippen LogP contribution is -2.24. The number of hydrogen-bond donors (Lipinski definition) is 2. The molecule has 9 nitrogen and oxygen atoms in total. The number of aliphatic carboxylic acids is 1. The van der Waals surface area contributed by atoms with Crippen LogP contribution in [0.5, 0.6) is 0 Å². The topological polar surface area (TPSA) is 115 Å². The van der Waals surface area contributed by atoms with Crippen molar-refractivity contribution >= 4 is 23.6 Å². The third-order valence-corrected chi connectivity index (χ3v) is 6.27. The van der Waals surface area contributed by atoms with E-state index >= 15 is 0 Å². The van der Waals surface area contributed by atoms with Gasteiger partial charge >= 0.3 is 5.97 Å². The molecule has 0 aliphatic carbocycles. The van der Waals surface area contributed by atoms with E-state index in [1.165, 1.54) is 16.4 Å². The predicted octanol–water partition coefficient (Wildman–Crippen LogP) is 2.94. The van der Waals surface area contributed by atoms with Gasteiger partial charge in [0.1, 0.15) is 0 Å². The summed E-state index contributed by atoms with van der Waals surface area (Å²) in [5, 5.41) is 24.9. The molecule has 0 bridgehead atoms. The third kappa shape index (κ3) is 7.28. The smallest absolute Gasteiger partial charge is 0.328 e. The average Bonchev–Trinajstić information content (AvgIpc) is 3.54. The molecule has 0 saturated carbocycles. The van der Waals surface area contributed by atoms with Crippen LogP contribution in [0.4, 0.5) is 0 Å². The standard InChI is InChI=1S/C25H26N6O3S/c32-24(26-14-20-8-4-9-21(12-20)15-30-11-5-10-27-30)18-35-17-22-16-31(29-28-22)23(25(33)34)13-19-6-2-1-3-7-19/h1-12,16,23H,13-15,17-18H2,(H,26,32)(H,33,34). The number of rotatable bonds is 12. The van der Waals surface area contributed by atoms with E-state index in [-0.39, 0.29) is 11.7 Å². The van der Waals surface area contributed by atoms with Crippen LogP contribution in [0.15, 0.2) is 79.3 Å². The maximum Gasteiger partial charge on any atom is 0.328 e. The lowest BCUT2D eigenvalue weighted by atomic mass is 10.1. The Hall–Kier alpha value is -3.92. The fraction of sp³-hybridized carbons (Fsp3) is 0.240. The van der Waals surface area contributed by atoms with Crippen LogP contribution < -0.4 is 5.32 Å². The summed E-state index contributed by atoms with van der Waals surface area (Å²) < 4.78 is 3.23. The lowest BCUT2D eigenvalue weighted by molar-refractivity contribution is -0.141. The summed E-state index contributed by atoms with van der Waals surface area (Å²) in [4.78, 5) is 24.0. The van der Waals surface area contributed by atoms with Gasteiger partial charge in [-0.3, -0.25) is 9.48 Å². The van der Waals surface area contributed by atoms with Crippen LogP contribution in [0.1, 0.15) is 28.4 Å². The van der Waals surface area contributed by atoms with Crippen molar-refractivity contribution in [2.24, 2.45) is 0 Å². The molecule has 1 unspecified atom stereocenters. The second kappa shape index (κ2) is 12.0. The lowest BCUT2D eigenvalue weighted by Gasteiger charge is -2.12. The van der Waals surface area contributed by atoms with Crippen molar-refractivity contribution in [3.05, 3.63) is 102 Å². The molecule has 2 N–H and O–H groups in total. The molecule has 4 rings (SSSR count). The van der Waals surface area contributed by atoms with Crippen LogP contribution in [0.3, 0.4) is 0 Å². The summed E-state index contributed by atoms with van der Waals surface area (Å²) in [6, 6.07) is 18.5. The first kappa shape index (κ1) is 24.2. The minimum Gasteiger partial charge on any atom is -0.480 e. The minimum absolute atomic E-state index is 0.0765. The van der Waals surface area contributed by atoms with Gasteiger partial charge < -0.3 is 10.4 Å². The van der Waals surface area contributed by atoms with Crippen molar-refractivity contribution in [1.29, 1.82) is 0 Å². The average molecular weight is 491 g/mol. The first-order valence-electron chi connectivity index (χ1n) is 11.1. The zero-order valence-electron chi connectivity index (χ0n) is 19.0. The first-order valence-corrected chi connectivity index (χ1v) is 12.3. The molecule has 0 saturated heterocycles. The molecular formula is C25H26N6O3S. The van der Waals surface area contributed by atoms with Gasteiger partial charge in [-0.05, 0) is 22.8 Å². The SMILES string of the molecule is O=C(CSCc1cn(C(Cc2ccccc2)C(=O)O)nn1)NCc1cccc(Cn2cccn2)c1. The van der Waals surface area contributed by atoms with E-state index in [1.807, 2.05) is 65.5 Å². The molecule has 2 aromatic heterocycles. The van der Waals surface area contributed by atoms with E-state index in [9.17, 15) is 14.7 Å². The molecule has 2 heterocycles. The molecule has 0 fully saturated rings. The van der Waals surface area contributed by atoms with E-state index in [1.54, 1.807) is 12.4 Å². The summed E-state index contributed by atoms with van der Waals surface area (Å²) in [5.74, 6) is -0.310. The van der Waals surface area contributed by atoms with Crippen LogP contribution in [-0.4, -0.2) is 47.5 Å². The highest BCUT2D eigenvalue weighted by molar-refractivity contribution is 7.99. The molecule has 4 aromatic rings. The Morgan fingerprint density at radius 3 is 2.60 bits per heavy atom. The number of carbonyl (C=O) groups is 2. The van der Waals surface area contributed by atoms with Crippen LogP contribution in [0, 0.1) is 0 Å². The Morgan fingerprint density at radius 2 is 1.83 bits per heavy atom. The molecule has 10 heteroatoms. The maximum absolute atomic E-state index is 12.3. The van der Waals surface area contributed by atoms with Crippen molar-refractivity contribution in [2.45, 2.75) is 31.3 Å².